The Morgan fingerprint density at radius 1 is 1.19 bits per heavy atom. The van der Waals surface area contributed by atoms with Gasteiger partial charge in [0.05, 0.1) is 41.1 Å². The van der Waals surface area contributed by atoms with Crippen LogP contribution in [0.1, 0.15) is 13.0 Å². The second-order valence-electron chi connectivity index (χ2n) is 6.13. The molecule has 4 aromatic rings. The van der Waals surface area contributed by atoms with Crippen molar-refractivity contribution in [2.24, 2.45) is 7.05 Å². The van der Waals surface area contributed by atoms with Crippen molar-refractivity contribution in [2.75, 3.05) is 12.3 Å². The molecule has 26 heavy (non-hydrogen) atoms. The van der Waals surface area contributed by atoms with Crippen LogP contribution in [0.5, 0.6) is 0 Å². The maximum absolute atomic E-state index is 12.6. The van der Waals surface area contributed by atoms with Crippen LogP contribution >= 0.6 is 0 Å². The van der Waals surface area contributed by atoms with Crippen LogP contribution in [-0.2, 0) is 7.05 Å². The van der Waals surface area contributed by atoms with Crippen molar-refractivity contribution in [3.05, 3.63) is 41.2 Å². The number of rotatable bonds is 3. The highest BCUT2D eigenvalue weighted by atomic mass is 16.3. The lowest BCUT2D eigenvalue weighted by molar-refractivity contribution is 0.238. The third kappa shape index (κ3) is 2.32. The van der Waals surface area contributed by atoms with Crippen LogP contribution in [0.15, 0.2) is 35.5 Å². The highest BCUT2D eigenvalue weighted by Crippen LogP contribution is 2.26. The van der Waals surface area contributed by atoms with Crippen LogP contribution in [0.4, 0.5) is 5.95 Å². The Labute approximate surface area is 147 Å². The van der Waals surface area contributed by atoms with E-state index in [9.17, 15) is 9.90 Å². The number of aliphatic hydroxyl groups excluding tert-OH is 1. The Morgan fingerprint density at radius 2 is 1.92 bits per heavy atom. The third-order valence-electron chi connectivity index (χ3n) is 4.43. The first kappa shape index (κ1) is 16.2. The molecule has 0 bridgehead atoms. The van der Waals surface area contributed by atoms with Crippen LogP contribution in [0.25, 0.3) is 33.3 Å². The van der Waals surface area contributed by atoms with Crippen LogP contribution in [0, 0.1) is 0 Å². The lowest BCUT2D eigenvalue weighted by Gasteiger charge is -2.11. The molecule has 0 saturated carbocycles. The number of nitrogen functional groups attached to an aromatic ring is 1. The van der Waals surface area contributed by atoms with E-state index >= 15 is 0 Å². The number of aromatic nitrogens is 6. The minimum absolute atomic E-state index is 0.158. The van der Waals surface area contributed by atoms with Crippen LogP contribution < -0.4 is 11.4 Å². The van der Waals surface area contributed by atoms with Gasteiger partial charge in [0.1, 0.15) is 5.52 Å². The summed E-state index contributed by atoms with van der Waals surface area (Å²) in [5.74, 6) is 0.187. The van der Waals surface area contributed by atoms with Crippen molar-refractivity contribution in [3.8, 4) is 11.3 Å². The number of fused-ring (bicyclic) bond motifs is 3. The molecule has 4 aromatic heterocycles. The Bertz CT molecular complexity index is 1180. The maximum Gasteiger partial charge on any atom is 0.329 e. The van der Waals surface area contributed by atoms with Gasteiger partial charge in [-0.2, -0.15) is 0 Å². The summed E-state index contributed by atoms with van der Waals surface area (Å²) in [4.78, 5) is 29.7. The molecule has 0 amide bonds. The van der Waals surface area contributed by atoms with Crippen molar-refractivity contribution in [2.45, 2.75) is 13.0 Å². The molecule has 0 aromatic carbocycles. The number of nitrogens with zero attached hydrogens (tertiary/aromatic N) is 6. The molecule has 1 atom stereocenters. The number of imidazole rings is 1. The predicted molar refractivity (Wildman–Crippen MR) is 97.5 cm³/mol. The van der Waals surface area contributed by atoms with Crippen molar-refractivity contribution < 1.29 is 5.11 Å². The van der Waals surface area contributed by atoms with E-state index in [0.717, 1.165) is 0 Å². The number of nitrogens with two attached hydrogens (primary N) is 1. The molecule has 4 heterocycles. The van der Waals surface area contributed by atoms with E-state index in [2.05, 4.69) is 15.0 Å². The second kappa shape index (κ2) is 5.88. The van der Waals surface area contributed by atoms with Gasteiger partial charge in [0, 0.05) is 25.0 Å². The number of anilines is 1. The standard InChI is InChI=1S/C17H17N7O2/c1-9(8-25)24-15-13(23(2)17(24)26)7-19-12-4-3-11(22-14(12)15)10-5-20-16(18)21-6-10/h3-7,9,25H,8H2,1-2H3,(H2,18,20,21). The summed E-state index contributed by atoms with van der Waals surface area (Å²) >= 11 is 0. The topological polar surface area (TPSA) is 125 Å². The summed E-state index contributed by atoms with van der Waals surface area (Å²) in [6, 6.07) is 3.26. The monoisotopic (exact) mass is 351 g/mol. The van der Waals surface area contributed by atoms with E-state index in [0.29, 0.717) is 33.3 Å². The molecule has 9 nitrogen and oxygen atoms in total. The minimum Gasteiger partial charge on any atom is -0.394 e. The summed E-state index contributed by atoms with van der Waals surface area (Å²) in [6.45, 7) is 1.62. The van der Waals surface area contributed by atoms with Gasteiger partial charge in [-0.25, -0.2) is 19.7 Å². The minimum atomic E-state index is -0.387. The summed E-state index contributed by atoms with van der Waals surface area (Å²) in [5.41, 5.74) is 9.20. The number of aryl methyl sites for hydroxylation is 1. The van der Waals surface area contributed by atoms with Gasteiger partial charge < -0.3 is 10.8 Å². The van der Waals surface area contributed by atoms with Crippen molar-refractivity contribution >= 4 is 28.0 Å². The second-order valence-corrected chi connectivity index (χ2v) is 6.13. The summed E-state index contributed by atoms with van der Waals surface area (Å²) < 4.78 is 3.06. The van der Waals surface area contributed by atoms with Crippen LogP contribution in [-0.4, -0.2) is 40.8 Å². The Morgan fingerprint density at radius 3 is 2.62 bits per heavy atom. The van der Waals surface area contributed by atoms with Crippen LogP contribution in [0.3, 0.4) is 0 Å². The smallest absolute Gasteiger partial charge is 0.329 e. The zero-order valence-electron chi connectivity index (χ0n) is 14.3. The molecule has 132 valence electrons. The Hall–Kier alpha value is -3.33. The first-order valence-corrected chi connectivity index (χ1v) is 8.06. The van der Waals surface area contributed by atoms with E-state index in [1.54, 1.807) is 37.1 Å². The van der Waals surface area contributed by atoms with Gasteiger partial charge in [-0.1, -0.05) is 0 Å². The highest BCUT2D eigenvalue weighted by Gasteiger charge is 2.19. The predicted octanol–water partition coefficient (Wildman–Crippen LogP) is 0.876. The molecule has 0 spiro atoms. The summed E-state index contributed by atoms with van der Waals surface area (Å²) in [5, 5.41) is 9.58. The lowest BCUT2D eigenvalue weighted by atomic mass is 10.2. The molecule has 9 heteroatoms. The van der Waals surface area contributed by atoms with Crippen LogP contribution in [0.2, 0.25) is 0 Å². The molecule has 0 fully saturated rings. The number of aliphatic hydroxyl groups is 1. The van der Waals surface area contributed by atoms with Gasteiger partial charge in [-0.3, -0.25) is 14.1 Å². The van der Waals surface area contributed by atoms with Gasteiger partial charge in [0.2, 0.25) is 5.95 Å². The number of pyridine rings is 2. The van der Waals surface area contributed by atoms with Crippen molar-refractivity contribution in [3.63, 3.8) is 0 Å². The molecule has 0 aliphatic carbocycles. The zero-order chi connectivity index (χ0) is 18.4. The van der Waals surface area contributed by atoms with Crippen molar-refractivity contribution in [1.82, 2.24) is 29.1 Å². The van der Waals surface area contributed by atoms with E-state index in [4.69, 9.17) is 10.7 Å². The molecular formula is C17H17N7O2. The first-order valence-electron chi connectivity index (χ1n) is 8.06. The van der Waals surface area contributed by atoms with Gasteiger partial charge in [-0.15, -0.1) is 0 Å². The maximum atomic E-state index is 12.6. The fraction of sp³-hybridized carbons (Fsp3) is 0.235. The number of hydrogen-bond acceptors (Lipinski definition) is 7. The fourth-order valence-electron chi connectivity index (χ4n) is 3.01. The molecule has 0 radical (unpaired) electrons. The van der Waals surface area contributed by atoms with E-state index in [-0.39, 0.29) is 24.3 Å². The van der Waals surface area contributed by atoms with Gasteiger partial charge in [-0.05, 0) is 19.1 Å². The first-order chi connectivity index (χ1) is 12.5. The van der Waals surface area contributed by atoms with E-state index in [1.807, 2.05) is 12.1 Å². The summed E-state index contributed by atoms with van der Waals surface area (Å²) in [7, 11) is 1.68. The zero-order valence-corrected chi connectivity index (χ0v) is 14.3. The molecule has 1 unspecified atom stereocenters. The van der Waals surface area contributed by atoms with Gasteiger partial charge in [0.25, 0.3) is 0 Å². The third-order valence-corrected chi connectivity index (χ3v) is 4.43. The Balaban J connectivity index is 2.07. The number of hydrogen-bond donors (Lipinski definition) is 2. The molecule has 0 aliphatic rings. The largest absolute Gasteiger partial charge is 0.394 e. The normalized spacial score (nSPS) is 12.7. The quantitative estimate of drug-likeness (QED) is 0.561. The average Bonchev–Trinajstić information content (AvgIpc) is 2.92. The molecule has 4 rings (SSSR count). The van der Waals surface area contributed by atoms with E-state index in [1.165, 1.54) is 4.57 Å². The van der Waals surface area contributed by atoms with E-state index < -0.39 is 0 Å². The molecular weight excluding hydrogens is 334 g/mol. The molecule has 0 saturated heterocycles. The van der Waals surface area contributed by atoms with Gasteiger partial charge in [0.15, 0.2) is 0 Å². The van der Waals surface area contributed by atoms with Gasteiger partial charge >= 0.3 is 5.69 Å². The average molecular weight is 351 g/mol. The lowest BCUT2D eigenvalue weighted by Crippen LogP contribution is -2.26. The SMILES string of the molecule is CC(CO)n1c(=O)n(C)c2cnc3ccc(-c4cnc(N)nc4)nc3c21. The summed E-state index contributed by atoms with van der Waals surface area (Å²) in [6.07, 6.45) is 4.84. The molecule has 0 aliphatic heterocycles. The highest BCUT2D eigenvalue weighted by molar-refractivity contribution is 6.00. The molecule has 3 N–H and O–H groups in total. The fourth-order valence-corrected chi connectivity index (χ4v) is 3.01. The van der Waals surface area contributed by atoms with Crippen molar-refractivity contribution in [1.29, 1.82) is 0 Å². The Kier molecular flexibility index (Phi) is 3.66.